The molecule has 0 radical (unpaired) electrons. The fourth-order valence-corrected chi connectivity index (χ4v) is 4.04. The summed E-state index contributed by atoms with van der Waals surface area (Å²) < 4.78 is 0. The Morgan fingerprint density at radius 2 is 1.50 bits per heavy atom. The highest BCUT2D eigenvalue weighted by Gasteiger charge is 2.21. The highest BCUT2D eigenvalue weighted by atomic mass is 16.1. The Hall–Kier alpha value is -1.37. The van der Waals surface area contributed by atoms with Crippen molar-refractivity contribution in [1.29, 1.82) is 0 Å². The van der Waals surface area contributed by atoms with E-state index in [-0.39, 0.29) is 5.92 Å². The summed E-state index contributed by atoms with van der Waals surface area (Å²) in [5.41, 5.74) is 3.92. The van der Waals surface area contributed by atoms with E-state index in [9.17, 15) is 4.79 Å². The Balaban J connectivity index is 1.71. The lowest BCUT2D eigenvalue weighted by Gasteiger charge is -2.20. The Morgan fingerprint density at radius 1 is 0.846 bits per heavy atom. The number of benzene rings is 1. The van der Waals surface area contributed by atoms with Crippen molar-refractivity contribution in [2.75, 3.05) is 0 Å². The second-order valence-electron chi connectivity index (χ2n) is 8.02. The van der Waals surface area contributed by atoms with Crippen molar-refractivity contribution in [3.63, 3.8) is 0 Å². The summed E-state index contributed by atoms with van der Waals surface area (Å²) >= 11 is 0. The van der Waals surface area contributed by atoms with Crippen molar-refractivity contribution in [3.05, 3.63) is 41.5 Å². The van der Waals surface area contributed by atoms with Gasteiger partial charge in [-0.25, -0.2) is 0 Å². The molecule has 2 rings (SSSR count). The molecule has 26 heavy (non-hydrogen) atoms. The molecule has 1 aromatic rings. The zero-order valence-corrected chi connectivity index (χ0v) is 17.1. The normalized spacial score (nSPS) is 17.4. The van der Waals surface area contributed by atoms with E-state index in [0.29, 0.717) is 5.78 Å². The molecule has 0 heterocycles. The average Bonchev–Trinajstić information content (AvgIpc) is 2.66. The maximum absolute atomic E-state index is 12.2. The first-order valence-electron chi connectivity index (χ1n) is 11.1. The van der Waals surface area contributed by atoms with Gasteiger partial charge in [0.05, 0.1) is 0 Å². The summed E-state index contributed by atoms with van der Waals surface area (Å²) in [4.78, 5) is 12.2. The van der Waals surface area contributed by atoms with Crippen LogP contribution in [0.1, 0.15) is 102 Å². The molecule has 144 valence electrons. The second-order valence-corrected chi connectivity index (χ2v) is 8.02. The summed E-state index contributed by atoms with van der Waals surface area (Å²) in [6.07, 6.45) is 18.3. The quantitative estimate of drug-likeness (QED) is 0.354. The highest BCUT2D eigenvalue weighted by Crippen LogP contribution is 2.30. The fourth-order valence-electron chi connectivity index (χ4n) is 4.04. The molecule has 1 atom stereocenters. The van der Waals surface area contributed by atoms with Crippen LogP contribution in [-0.2, 0) is 11.2 Å². The highest BCUT2D eigenvalue weighted by molar-refractivity contribution is 5.99. The van der Waals surface area contributed by atoms with Crippen molar-refractivity contribution < 1.29 is 4.79 Å². The standard InChI is InChI=1S/C25H38O/c1-3-5-6-7-8-9-10-11-13-21-14-16-22(17-15-21)24-19-18-23(12-4-2)25(26)20-24/h14-17,20,23H,3-13,18-19H2,1-2H3. The van der Waals surface area contributed by atoms with Crippen LogP contribution < -0.4 is 0 Å². The molecule has 1 heteroatoms. The molecule has 1 nitrogen and oxygen atoms in total. The molecule has 0 saturated carbocycles. The average molecular weight is 355 g/mol. The van der Waals surface area contributed by atoms with Gasteiger partial charge in [0.25, 0.3) is 0 Å². The van der Waals surface area contributed by atoms with Crippen LogP contribution >= 0.6 is 0 Å². The lowest BCUT2D eigenvalue weighted by atomic mass is 9.83. The van der Waals surface area contributed by atoms with Crippen LogP contribution in [0.2, 0.25) is 0 Å². The van der Waals surface area contributed by atoms with Gasteiger partial charge in [-0.15, -0.1) is 0 Å². The minimum absolute atomic E-state index is 0.269. The van der Waals surface area contributed by atoms with Gasteiger partial charge in [-0.3, -0.25) is 4.79 Å². The van der Waals surface area contributed by atoms with Gasteiger partial charge in [-0.1, -0.05) is 89.5 Å². The van der Waals surface area contributed by atoms with E-state index in [1.54, 1.807) is 0 Å². The Bertz CT molecular complexity index is 552. The van der Waals surface area contributed by atoms with Gasteiger partial charge < -0.3 is 0 Å². The number of carbonyl (C=O) groups excluding carboxylic acids is 1. The van der Waals surface area contributed by atoms with Gasteiger partial charge in [-0.2, -0.15) is 0 Å². The molecule has 0 amide bonds. The number of hydrogen-bond acceptors (Lipinski definition) is 1. The minimum atomic E-state index is 0.269. The number of carbonyl (C=O) groups is 1. The smallest absolute Gasteiger partial charge is 0.159 e. The molecule has 0 aliphatic heterocycles. The molecule has 1 aliphatic rings. The lowest BCUT2D eigenvalue weighted by Crippen LogP contribution is -2.16. The first kappa shape index (κ1) is 20.9. The van der Waals surface area contributed by atoms with Crippen molar-refractivity contribution in [1.82, 2.24) is 0 Å². The molecule has 0 fully saturated rings. The molecular formula is C25H38O. The summed E-state index contributed by atoms with van der Waals surface area (Å²) in [5.74, 6) is 0.612. The maximum atomic E-state index is 12.2. The van der Waals surface area contributed by atoms with E-state index in [0.717, 1.165) is 25.7 Å². The molecular weight excluding hydrogens is 316 g/mol. The first-order valence-corrected chi connectivity index (χ1v) is 11.1. The van der Waals surface area contributed by atoms with Crippen LogP contribution in [0.5, 0.6) is 0 Å². The minimum Gasteiger partial charge on any atom is -0.295 e. The first-order chi connectivity index (χ1) is 12.7. The summed E-state index contributed by atoms with van der Waals surface area (Å²) in [6.45, 7) is 4.44. The van der Waals surface area contributed by atoms with E-state index in [2.05, 4.69) is 38.1 Å². The lowest BCUT2D eigenvalue weighted by molar-refractivity contribution is -0.118. The summed E-state index contributed by atoms with van der Waals surface area (Å²) in [7, 11) is 0. The van der Waals surface area contributed by atoms with E-state index < -0.39 is 0 Å². The molecule has 0 saturated heterocycles. The van der Waals surface area contributed by atoms with Gasteiger partial charge in [-0.05, 0) is 54.9 Å². The monoisotopic (exact) mass is 354 g/mol. The van der Waals surface area contributed by atoms with Crippen LogP contribution in [-0.4, -0.2) is 5.78 Å². The number of ketones is 1. The Labute approximate surface area is 161 Å². The SMILES string of the molecule is CCCCCCCCCCc1ccc(C2=CC(=O)C(CCC)CC2)cc1. The predicted octanol–water partition coefficient (Wildman–Crippen LogP) is 7.53. The number of allylic oxidation sites excluding steroid dienone is 2. The molecule has 1 aromatic carbocycles. The Kier molecular flexibility index (Phi) is 9.74. The van der Waals surface area contributed by atoms with Gasteiger partial charge >= 0.3 is 0 Å². The number of hydrogen-bond donors (Lipinski definition) is 0. The van der Waals surface area contributed by atoms with E-state index in [4.69, 9.17) is 0 Å². The molecule has 0 aromatic heterocycles. The Morgan fingerprint density at radius 3 is 2.12 bits per heavy atom. The number of aryl methyl sites for hydroxylation is 1. The zero-order chi connectivity index (χ0) is 18.6. The van der Waals surface area contributed by atoms with Crippen molar-refractivity contribution in [2.45, 2.75) is 97.3 Å². The van der Waals surface area contributed by atoms with Crippen LogP contribution in [0.4, 0.5) is 0 Å². The van der Waals surface area contributed by atoms with Crippen LogP contribution in [0.15, 0.2) is 30.3 Å². The van der Waals surface area contributed by atoms with Gasteiger partial charge in [0.15, 0.2) is 5.78 Å². The van der Waals surface area contributed by atoms with Crippen molar-refractivity contribution in [2.24, 2.45) is 5.92 Å². The maximum Gasteiger partial charge on any atom is 0.159 e. The fraction of sp³-hybridized carbons (Fsp3) is 0.640. The van der Waals surface area contributed by atoms with Crippen LogP contribution in [0, 0.1) is 5.92 Å². The van der Waals surface area contributed by atoms with E-state index in [1.807, 2.05) is 6.08 Å². The molecule has 1 unspecified atom stereocenters. The van der Waals surface area contributed by atoms with Gasteiger partial charge in [0.2, 0.25) is 0 Å². The van der Waals surface area contributed by atoms with Gasteiger partial charge in [0, 0.05) is 5.92 Å². The zero-order valence-electron chi connectivity index (χ0n) is 17.1. The molecule has 0 bridgehead atoms. The topological polar surface area (TPSA) is 17.1 Å². The number of unbranched alkanes of at least 4 members (excludes halogenated alkanes) is 7. The van der Waals surface area contributed by atoms with E-state index in [1.165, 1.54) is 74.5 Å². The third kappa shape index (κ3) is 7.09. The third-order valence-electron chi connectivity index (χ3n) is 5.76. The van der Waals surface area contributed by atoms with Crippen molar-refractivity contribution >= 4 is 11.4 Å². The second kappa shape index (κ2) is 12.1. The summed E-state index contributed by atoms with van der Waals surface area (Å²) in [6, 6.07) is 8.97. The van der Waals surface area contributed by atoms with Crippen molar-refractivity contribution in [3.8, 4) is 0 Å². The summed E-state index contributed by atoms with van der Waals surface area (Å²) in [5, 5.41) is 0. The van der Waals surface area contributed by atoms with E-state index >= 15 is 0 Å². The van der Waals surface area contributed by atoms with Crippen LogP contribution in [0.3, 0.4) is 0 Å². The number of rotatable bonds is 12. The van der Waals surface area contributed by atoms with Gasteiger partial charge in [0.1, 0.15) is 0 Å². The predicted molar refractivity (Wildman–Crippen MR) is 113 cm³/mol. The third-order valence-corrected chi connectivity index (χ3v) is 5.76. The molecule has 1 aliphatic carbocycles. The molecule has 0 N–H and O–H groups in total. The van der Waals surface area contributed by atoms with Crippen LogP contribution in [0.25, 0.3) is 5.57 Å². The largest absolute Gasteiger partial charge is 0.295 e. The molecule has 0 spiro atoms.